The molecular formula is C8H10N2O4. The van der Waals surface area contributed by atoms with Crippen LogP contribution in [-0.4, -0.2) is 27.2 Å². The summed E-state index contributed by atoms with van der Waals surface area (Å²) in [5.41, 5.74) is -0.420. The van der Waals surface area contributed by atoms with Gasteiger partial charge in [0, 0.05) is 18.9 Å². The third-order valence-electron chi connectivity index (χ3n) is 1.56. The van der Waals surface area contributed by atoms with Gasteiger partial charge in [0.1, 0.15) is 0 Å². The van der Waals surface area contributed by atoms with Crippen LogP contribution >= 0.6 is 0 Å². The molecule has 0 amide bonds. The Morgan fingerprint density at radius 2 is 2.43 bits per heavy atom. The van der Waals surface area contributed by atoms with Gasteiger partial charge < -0.3 is 14.4 Å². The molecule has 1 aromatic heterocycles. The Kier molecular flexibility index (Phi) is 3.22. The molecule has 0 aliphatic carbocycles. The highest BCUT2D eigenvalue weighted by Gasteiger charge is 2.06. The van der Waals surface area contributed by atoms with E-state index in [1.165, 1.54) is 17.0 Å². The van der Waals surface area contributed by atoms with Crippen molar-refractivity contribution in [2.45, 2.75) is 13.5 Å². The maximum absolute atomic E-state index is 11.4. The topological polar surface area (TPSA) is 81.4 Å². The van der Waals surface area contributed by atoms with Crippen molar-refractivity contribution in [1.29, 1.82) is 0 Å². The minimum Gasteiger partial charge on any atom is -0.479 e. The molecule has 0 radical (unpaired) electrons. The number of nitrogens with zero attached hydrogens (tertiary/aromatic N) is 2. The van der Waals surface area contributed by atoms with Crippen LogP contribution < -0.4 is 10.3 Å². The number of aliphatic carboxylic acids is 1. The van der Waals surface area contributed by atoms with Gasteiger partial charge >= 0.3 is 11.5 Å². The largest absolute Gasteiger partial charge is 0.479 e. The Hall–Kier alpha value is -1.85. The fraction of sp³-hybridized carbons (Fsp3) is 0.375. The van der Waals surface area contributed by atoms with Crippen molar-refractivity contribution in [2.24, 2.45) is 0 Å². The first kappa shape index (κ1) is 10.2. The molecule has 6 nitrogen and oxygen atoms in total. The van der Waals surface area contributed by atoms with Gasteiger partial charge in [0.15, 0.2) is 6.61 Å². The van der Waals surface area contributed by atoms with Gasteiger partial charge in [-0.3, -0.25) is 4.79 Å². The normalized spacial score (nSPS) is 9.79. The summed E-state index contributed by atoms with van der Waals surface area (Å²) >= 11 is 0. The fourth-order valence-corrected chi connectivity index (χ4v) is 0.905. The predicted molar refractivity (Wildman–Crippen MR) is 47.3 cm³/mol. The van der Waals surface area contributed by atoms with Crippen molar-refractivity contribution in [3.8, 4) is 5.88 Å². The molecule has 0 aromatic carbocycles. The molecule has 0 fully saturated rings. The predicted octanol–water partition coefficient (Wildman–Crippen LogP) is -0.273. The Morgan fingerprint density at radius 1 is 1.71 bits per heavy atom. The minimum atomic E-state index is -1.14. The van der Waals surface area contributed by atoms with Gasteiger partial charge in [-0.15, -0.1) is 0 Å². The molecule has 0 aliphatic rings. The molecule has 1 rings (SSSR count). The van der Waals surface area contributed by atoms with Crippen LogP contribution in [0.5, 0.6) is 5.88 Å². The van der Waals surface area contributed by atoms with Crippen LogP contribution in [0.15, 0.2) is 17.2 Å². The van der Waals surface area contributed by atoms with E-state index in [1.807, 2.05) is 0 Å². The van der Waals surface area contributed by atoms with Gasteiger partial charge in [-0.2, -0.15) is 0 Å². The summed E-state index contributed by atoms with van der Waals surface area (Å²) in [7, 11) is 0. The van der Waals surface area contributed by atoms with E-state index in [9.17, 15) is 9.59 Å². The molecule has 0 saturated heterocycles. The number of hydrogen-bond donors (Lipinski definition) is 1. The smallest absolute Gasteiger partial charge is 0.341 e. The zero-order chi connectivity index (χ0) is 10.6. The fourth-order valence-electron chi connectivity index (χ4n) is 0.905. The van der Waals surface area contributed by atoms with Crippen LogP contribution in [0.25, 0.3) is 0 Å². The SMILES string of the molecule is CCn1ccnc(OCC(=O)O)c1=O. The third-order valence-corrected chi connectivity index (χ3v) is 1.56. The van der Waals surface area contributed by atoms with Gasteiger partial charge in [-0.25, -0.2) is 9.78 Å². The Bertz CT molecular complexity index is 385. The van der Waals surface area contributed by atoms with Gasteiger partial charge in [0.05, 0.1) is 0 Å². The van der Waals surface area contributed by atoms with Crippen LogP contribution in [-0.2, 0) is 11.3 Å². The molecule has 14 heavy (non-hydrogen) atoms. The van der Waals surface area contributed by atoms with Gasteiger partial charge in [0.25, 0.3) is 5.88 Å². The number of carboxylic acids is 1. The summed E-state index contributed by atoms with van der Waals surface area (Å²) in [6, 6.07) is 0. The number of hydrogen-bond acceptors (Lipinski definition) is 4. The molecule has 1 N–H and O–H groups in total. The highest BCUT2D eigenvalue weighted by molar-refractivity contribution is 5.68. The number of rotatable bonds is 4. The average molecular weight is 198 g/mol. The molecule has 6 heteroatoms. The molecule has 0 spiro atoms. The van der Waals surface area contributed by atoms with E-state index >= 15 is 0 Å². The molecule has 0 bridgehead atoms. The average Bonchev–Trinajstić information content (AvgIpc) is 2.16. The molecule has 76 valence electrons. The van der Waals surface area contributed by atoms with Crippen molar-refractivity contribution in [1.82, 2.24) is 9.55 Å². The Balaban J connectivity index is 2.87. The van der Waals surface area contributed by atoms with Crippen molar-refractivity contribution in [2.75, 3.05) is 6.61 Å². The molecule has 0 aliphatic heterocycles. The van der Waals surface area contributed by atoms with Gasteiger partial charge in [-0.05, 0) is 6.92 Å². The van der Waals surface area contributed by atoms with E-state index < -0.39 is 18.1 Å². The highest BCUT2D eigenvalue weighted by Crippen LogP contribution is 1.95. The minimum absolute atomic E-state index is 0.184. The zero-order valence-electron chi connectivity index (χ0n) is 7.64. The summed E-state index contributed by atoms with van der Waals surface area (Å²) in [4.78, 5) is 25.2. The summed E-state index contributed by atoms with van der Waals surface area (Å²) in [6.07, 6.45) is 2.90. The van der Waals surface area contributed by atoms with Crippen LogP contribution in [0, 0.1) is 0 Å². The second-order valence-electron chi connectivity index (χ2n) is 2.51. The Morgan fingerprint density at radius 3 is 3.00 bits per heavy atom. The molecular weight excluding hydrogens is 188 g/mol. The number of carboxylic acid groups (broad SMARTS) is 1. The maximum Gasteiger partial charge on any atom is 0.341 e. The van der Waals surface area contributed by atoms with Crippen LogP contribution in [0.4, 0.5) is 0 Å². The van der Waals surface area contributed by atoms with Crippen LogP contribution in [0.3, 0.4) is 0 Å². The molecule has 1 heterocycles. The van der Waals surface area contributed by atoms with Gasteiger partial charge in [0.2, 0.25) is 0 Å². The lowest BCUT2D eigenvalue weighted by molar-refractivity contribution is -0.139. The summed E-state index contributed by atoms with van der Waals surface area (Å²) in [5.74, 6) is -1.32. The number of ether oxygens (including phenoxy) is 1. The number of aryl methyl sites for hydroxylation is 1. The first-order valence-corrected chi connectivity index (χ1v) is 4.05. The first-order chi connectivity index (χ1) is 6.65. The highest BCUT2D eigenvalue weighted by atomic mass is 16.5. The van der Waals surface area contributed by atoms with Crippen molar-refractivity contribution < 1.29 is 14.6 Å². The molecule has 0 unspecified atom stereocenters. The molecule has 1 aromatic rings. The molecule has 0 atom stereocenters. The van der Waals surface area contributed by atoms with Crippen LogP contribution in [0.2, 0.25) is 0 Å². The van der Waals surface area contributed by atoms with E-state index in [0.717, 1.165) is 0 Å². The number of carbonyl (C=O) groups is 1. The standard InChI is InChI=1S/C8H10N2O4/c1-2-10-4-3-9-7(8(10)13)14-5-6(11)12/h3-4H,2,5H2,1H3,(H,11,12). The van der Waals surface area contributed by atoms with Crippen LogP contribution in [0.1, 0.15) is 6.92 Å². The van der Waals surface area contributed by atoms with E-state index in [4.69, 9.17) is 9.84 Å². The maximum atomic E-state index is 11.4. The van der Waals surface area contributed by atoms with Gasteiger partial charge in [-0.1, -0.05) is 0 Å². The lowest BCUT2D eigenvalue weighted by Crippen LogP contribution is -2.23. The van der Waals surface area contributed by atoms with E-state index in [-0.39, 0.29) is 5.88 Å². The first-order valence-electron chi connectivity index (χ1n) is 4.05. The summed E-state index contributed by atoms with van der Waals surface area (Å²) < 4.78 is 6.08. The van der Waals surface area contributed by atoms with Crippen molar-refractivity contribution >= 4 is 5.97 Å². The van der Waals surface area contributed by atoms with Crippen molar-refractivity contribution in [3.63, 3.8) is 0 Å². The number of aromatic nitrogens is 2. The lowest BCUT2D eigenvalue weighted by Gasteiger charge is -2.04. The zero-order valence-corrected chi connectivity index (χ0v) is 7.64. The summed E-state index contributed by atoms with van der Waals surface area (Å²) in [6.45, 7) is 1.73. The lowest BCUT2D eigenvalue weighted by atomic mass is 10.6. The van der Waals surface area contributed by atoms with E-state index in [1.54, 1.807) is 6.92 Å². The van der Waals surface area contributed by atoms with E-state index in [2.05, 4.69) is 4.98 Å². The Labute approximate surface area is 79.8 Å². The summed E-state index contributed by atoms with van der Waals surface area (Å²) in [5, 5.41) is 8.33. The monoisotopic (exact) mass is 198 g/mol. The van der Waals surface area contributed by atoms with E-state index in [0.29, 0.717) is 6.54 Å². The quantitative estimate of drug-likeness (QED) is 0.720. The second kappa shape index (κ2) is 4.40. The third kappa shape index (κ3) is 2.32. The van der Waals surface area contributed by atoms with Crippen molar-refractivity contribution in [3.05, 3.63) is 22.7 Å². The second-order valence-corrected chi connectivity index (χ2v) is 2.51. The molecule has 0 saturated carbocycles.